The van der Waals surface area contributed by atoms with Crippen LogP contribution in [0.3, 0.4) is 0 Å². The molecule has 3 rings (SSSR count). The summed E-state index contributed by atoms with van der Waals surface area (Å²) in [4.78, 5) is 41.4. The number of carbonyl (C=O) groups excluding carboxylic acids is 2. The summed E-state index contributed by atoms with van der Waals surface area (Å²) >= 11 is 13.3. The lowest BCUT2D eigenvalue weighted by molar-refractivity contribution is -0.387. The topological polar surface area (TPSA) is 110 Å². The van der Waals surface area contributed by atoms with Gasteiger partial charge in [0.2, 0.25) is 5.91 Å². The largest absolute Gasteiger partial charge is 0.368 e. The lowest BCUT2D eigenvalue weighted by atomic mass is 9.89. The van der Waals surface area contributed by atoms with Gasteiger partial charge in [0.25, 0.3) is 11.6 Å². The van der Waals surface area contributed by atoms with Crippen LogP contribution in [0, 0.1) is 10.1 Å². The number of carbonyl (C=O) groups is 2. The second kappa shape index (κ2) is 11.6. The van der Waals surface area contributed by atoms with Crippen molar-refractivity contribution in [3.8, 4) is 0 Å². The second-order valence-corrected chi connectivity index (χ2v) is 10.4. The molecule has 11 heteroatoms. The maximum absolute atomic E-state index is 13.2. The maximum atomic E-state index is 13.2. The molecule has 2 amide bonds. The Kier molecular flexibility index (Phi) is 9.05. The summed E-state index contributed by atoms with van der Waals surface area (Å²) in [6.45, 7) is 9.59. The van der Waals surface area contributed by atoms with Crippen molar-refractivity contribution in [3.05, 3.63) is 68.7 Å². The van der Waals surface area contributed by atoms with Gasteiger partial charge in [0, 0.05) is 47.7 Å². The van der Waals surface area contributed by atoms with Gasteiger partial charge in [0.1, 0.15) is 0 Å². The molecule has 36 heavy (non-hydrogen) atoms. The molecule has 0 aliphatic carbocycles. The van der Waals surface area contributed by atoms with Crippen LogP contribution in [0.5, 0.6) is 0 Å². The molecule has 0 aromatic heterocycles. The van der Waals surface area contributed by atoms with E-state index in [9.17, 15) is 19.7 Å². The van der Waals surface area contributed by atoms with Crippen molar-refractivity contribution in [2.45, 2.75) is 42.0 Å². The quantitative estimate of drug-likeness (QED) is 0.259. The number of nitrogens with zero attached hydrogens (tertiary/aromatic N) is 3. The van der Waals surface area contributed by atoms with E-state index in [1.54, 1.807) is 35.2 Å². The summed E-state index contributed by atoms with van der Waals surface area (Å²) < 4.78 is 0. The van der Waals surface area contributed by atoms with E-state index in [1.165, 1.54) is 6.07 Å². The fraction of sp³-hybridized carbons (Fsp3) is 0.360. The van der Waals surface area contributed by atoms with E-state index in [0.29, 0.717) is 64.4 Å². The molecular formula is C25H28Cl2N4O4S. The van der Waals surface area contributed by atoms with E-state index in [0.717, 1.165) is 11.8 Å². The van der Waals surface area contributed by atoms with Gasteiger partial charge >= 0.3 is 0 Å². The lowest BCUT2D eigenvalue weighted by Gasteiger charge is -2.45. The van der Waals surface area contributed by atoms with Gasteiger partial charge in [-0.25, -0.2) is 0 Å². The number of benzene rings is 2. The van der Waals surface area contributed by atoms with E-state index in [4.69, 9.17) is 28.9 Å². The predicted octanol–water partition coefficient (Wildman–Crippen LogP) is 5.25. The molecule has 8 nitrogen and oxygen atoms in total. The molecule has 0 radical (unpaired) electrons. The van der Waals surface area contributed by atoms with Crippen LogP contribution < -0.4 is 5.73 Å². The Balaban J connectivity index is 1.76. The van der Waals surface area contributed by atoms with E-state index in [1.807, 2.05) is 18.7 Å². The molecule has 2 aromatic carbocycles. The number of primary amides is 1. The van der Waals surface area contributed by atoms with Crippen LogP contribution in [-0.2, 0) is 9.59 Å². The number of amides is 2. The Morgan fingerprint density at radius 3 is 2.22 bits per heavy atom. The molecule has 0 spiro atoms. The number of halogens is 2. The molecule has 1 saturated heterocycles. The molecule has 0 atom stereocenters. The summed E-state index contributed by atoms with van der Waals surface area (Å²) in [5, 5.41) is 12.7. The maximum Gasteiger partial charge on any atom is 0.283 e. The van der Waals surface area contributed by atoms with E-state index < -0.39 is 10.5 Å². The molecule has 2 N–H and O–H groups in total. The summed E-state index contributed by atoms with van der Waals surface area (Å²) in [6, 6.07) is 9.50. The zero-order chi connectivity index (χ0) is 26.6. The molecule has 1 heterocycles. The van der Waals surface area contributed by atoms with Gasteiger partial charge in [-0.15, -0.1) is 0 Å². The van der Waals surface area contributed by atoms with Crippen LogP contribution >= 0.6 is 35.0 Å². The lowest BCUT2D eigenvalue weighted by Crippen LogP contribution is -2.62. The van der Waals surface area contributed by atoms with Gasteiger partial charge in [-0.2, -0.15) is 0 Å². The first kappa shape index (κ1) is 28.0. The first-order valence-corrected chi connectivity index (χ1v) is 13.1. The van der Waals surface area contributed by atoms with Crippen LogP contribution in [0.4, 0.5) is 5.69 Å². The predicted molar refractivity (Wildman–Crippen MR) is 143 cm³/mol. The highest BCUT2D eigenvalue weighted by Gasteiger charge is 2.41. The molecule has 0 saturated carbocycles. The highest BCUT2D eigenvalue weighted by atomic mass is 35.5. The first-order chi connectivity index (χ1) is 17.0. The Morgan fingerprint density at radius 1 is 1.08 bits per heavy atom. The second-order valence-electron chi connectivity index (χ2n) is 8.48. The third-order valence-electron chi connectivity index (χ3n) is 6.68. The third-order valence-corrected chi connectivity index (χ3v) is 8.48. The van der Waals surface area contributed by atoms with Crippen LogP contribution in [0.25, 0.3) is 5.57 Å². The number of nitro groups is 1. The van der Waals surface area contributed by atoms with Gasteiger partial charge in [-0.1, -0.05) is 61.5 Å². The number of piperazine rings is 1. The van der Waals surface area contributed by atoms with Gasteiger partial charge < -0.3 is 10.6 Å². The molecule has 0 bridgehead atoms. The van der Waals surface area contributed by atoms with Crippen molar-refractivity contribution >= 4 is 58.0 Å². The van der Waals surface area contributed by atoms with Crippen molar-refractivity contribution in [1.29, 1.82) is 0 Å². The number of rotatable bonds is 9. The summed E-state index contributed by atoms with van der Waals surface area (Å²) in [5.41, 5.74) is 5.37. The highest BCUT2D eigenvalue weighted by Crippen LogP contribution is 2.40. The van der Waals surface area contributed by atoms with Crippen molar-refractivity contribution in [1.82, 2.24) is 9.80 Å². The summed E-state index contributed by atoms with van der Waals surface area (Å²) in [5.74, 6) is -0.662. The summed E-state index contributed by atoms with van der Waals surface area (Å²) in [6.07, 6.45) is 1.18. The molecular weight excluding hydrogens is 523 g/mol. The number of nitro benzene ring substituents is 1. The van der Waals surface area contributed by atoms with Crippen molar-refractivity contribution in [2.24, 2.45) is 5.73 Å². The van der Waals surface area contributed by atoms with Crippen LogP contribution in [-0.4, -0.2) is 58.3 Å². The molecule has 1 fully saturated rings. The van der Waals surface area contributed by atoms with E-state index >= 15 is 0 Å². The zero-order valence-electron chi connectivity index (χ0n) is 20.1. The standard InChI is InChI=1S/C25H28Cl2N4O4S/c1-4-25(5-2,24(28)33)30-12-10-29(11-13-30)23(32)16(3)17-6-8-22(20(14-17)31(34)35)36-21-9-7-18(26)15-19(21)27/h6-9,14-15H,3-5,10-13H2,1-2H3,(H2,28,33). The van der Waals surface area contributed by atoms with Crippen molar-refractivity contribution in [3.63, 3.8) is 0 Å². The molecule has 2 aromatic rings. The minimum Gasteiger partial charge on any atom is -0.368 e. The van der Waals surface area contributed by atoms with Gasteiger partial charge in [-0.05, 0) is 42.7 Å². The Hall–Kier alpha value is -2.59. The Labute approximate surface area is 224 Å². The minimum atomic E-state index is -0.729. The molecule has 1 aliphatic heterocycles. The third kappa shape index (κ3) is 5.70. The van der Waals surface area contributed by atoms with Crippen molar-refractivity contribution < 1.29 is 14.5 Å². The SMILES string of the molecule is C=C(C(=O)N1CCN(C(CC)(CC)C(N)=O)CC1)c1ccc(Sc2ccc(Cl)cc2Cl)c([N+](=O)[O-])c1. The van der Waals surface area contributed by atoms with Crippen LogP contribution in [0.1, 0.15) is 32.3 Å². The average Bonchev–Trinajstić information content (AvgIpc) is 2.86. The number of nitrogens with two attached hydrogens (primary N) is 1. The smallest absolute Gasteiger partial charge is 0.283 e. The summed E-state index contributed by atoms with van der Waals surface area (Å²) in [7, 11) is 0. The molecule has 192 valence electrons. The van der Waals surface area contributed by atoms with Crippen LogP contribution in [0.15, 0.2) is 52.8 Å². The van der Waals surface area contributed by atoms with Gasteiger partial charge in [0.15, 0.2) is 0 Å². The fourth-order valence-electron chi connectivity index (χ4n) is 4.46. The molecule has 0 unspecified atom stereocenters. The van der Waals surface area contributed by atoms with Gasteiger partial charge in [-0.3, -0.25) is 24.6 Å². The molecule has 1 aliphatic rings. The normalized spacial score (nSPS) is 14.5. The minimum absolute atomic E-state index is 0.153. The monoisotopic (exact) mass is 550 g/mol. The van der Waals surface area contributed by atoms with E-state index in [-0.39, 0.29) is 23.1 Å². The fourth-order valence-corrected chi connectivity index (χ4v) is 5.89. The van der Waals surface area contributed by atoms with E-state index in [2.05, 4.69) is 6.58 Å². The Bertz CT molecular complexity index is 1190. The highest BCUT2D eigenvalue weighted by molar-refractivity contribution is 7.99. The van der Waals surface area contributed by atoms with Gasteiger partial charge in [0.05, 0.1) is 20.4 Å². The number of hydrogen-bond acceptors (Lipinski definition) is 6. The Morgan fingerprint density at radius 2 is 1.69 bits per heavy atom. The van der Waals surface area contributed by atoms with Crippen LogP contribution in [0.2, 0.25) is 10.0 Å². The average molecular weight is 551 g/mol. The zero-order valence-corrected chi connectivity index (χ0v) is 22.5. The first-order valence-electron chi connectivity index (χ1n) is 11.5. The number of hydrogen-bond donors (Lipinski definition) is 1. The van der Waals surface area contributed by atoms with Crippen molar-refractivity contribution in [2.75, 3.05) is 26.2 Å².